The molecule has 0 atom stereocenters. The van der Waals surface area contributed by atoms with Crippen LogP contribution in [0.1, 0.15) is 29.5 Å². The molecule has 1 heterocycles. The van der Waals surface area contributed by atoms with Gasteiger partial charge in [0.1, 0.15) is 5.75 Å². The number of nitrogen functional groups attached to an aromatic ring is 1. The van der Waals surface area contributed by atoms with Gasteiger partial charge in [0.2, 0.25) is 0 Å². The first kappa shape index (κ1) is 18.5. The van der Waals surface area contributed by atoms with Crippen LogP contribution in [-0.4, -0.2) is 35.5 Å². The summed E-state index contributed by atoms with van der Waals surface area (Å²) in [6.07, 6.45) is 5.27. The molecule has 0 spiro atoms. The number of nitrogens with one attached hydrogen (secondary N) is 1. The summed E-state index contributed by atoms with van der Waals surface area (Å²) in [7, 11) is -0.129. The summed E-state index contributed by atoms with van der Waals surface area (Å²) in [6, 6.07) is 9.02. The first-order valence-electron chi connectivity index (χ1n) is 9.34. The fraction of sp³-hybridized carbons (Fsp3) is 0.238. The predicted octanol–water partition coefficient (Wildman–Crippen LogP) is 2.05. The van der Waals surface area contributed by atoms with Gasteiger partial charge in [-0.05, 0) is 67.1 Å². The smallest absolute Gasteiger partial charge is 0.492 e. The molecule has 4 rings (SSSR count). The van der Waals surface area contributed by atoms with Gasteiger partial charge in [-0.15, -0.1) is 0 Å². The van der Waals surface area contributed by atoms with Crippen LogP contribution in [0.2, 0.25) is 0 Å². The number of benzene rings is 2. The zero-order valence-electron chi connectivity index (χ0n) is 15.7. The van der Waals surface area contributed by atoms with Crippen molar-refractivity contribution in [2.24, 2.45) is 0 Å². The van der Waals surface area contributed by atoms with Gasteiger partial charge in [0.15, 0.2) is 0 Å². The number of nitrogens with zero attached hydrogens (tertiary/aromatic N) is 1. The fourth-order valence-electron chi connectivity index (χ4n) is 4.14. The van der Waals surface area contributed by atoms with Crippen molar-refractivity contribution in [1.82, 2.24) is 4.98 Å². The van der Waals surface area contributed by atoms with Crippen LogP contribution in [0.5, 0.6) is 5.75 Å². The van der Waals surface area contributed by atoms with Gasteiger partial charge >= 0.3 is 7.12 Å². The van der Waals surface area contributed by atoms with Crippen LogP contribution in [0.4, 0.5) is 5.69 Å². The van der Waals surface area contributed by atoms with Crippen LogP contribution < -0.4 is 15.9 Å². The number of hydrogen-bond acceptors (Lipinski definition) is 6. The van der Waals surface area contributed by atoms with Crippen LogP contribution >= 0.6 is 0 Å². The van der Waals surface area contributed by atoms with Gasteiger partial charge in [-0.3, -0.25) is 0 Å². The summed E-state index contributed by atoms with van der Waals surface area (Å²) in [5.74, 6) is 0.423. The van der Waals surface area contributed by atoms with Crippen molar-refractivity contribution in [3.8, 4) is 17.0 Å². The van der Waals surface area contributed by atoms with Crippen LogP contribution in [-0.2, 0) is 12.8 Å². The van der Waals surface area contributed by atoms with Crippen LogP contribution in [0.25, 0.3) is 22.2 Å². The highest BCUT2D eigenvalue weighted by Gasteiger charge is 2.23. The molecule has 1 aliphatic carbocycles. The van der Waals surface area contributed by atoms with Gasteiger partial charge in [0.05, 0.1) is 18.3 Å². The van der Waals surface area contributed by atoms with Crippen LogP contribution in [0.15, 0.2) is 30.3 Å². The van der Waals surface area contributed by atoms with E-state index < -0.39 is 7.12 Å². The van der Waals surface area contributed by atoms with Gasteiger partial charge in [0, 0.05) is 33.9 Å². The standard InChI is InChI=1S/C21H22BN3O3/c1-28-19-9-6-12(10-16(19)22(26)27)21-14-5-3-2-4-13(14)20-15(11-23)17(24)7-8-18(20)25-21/h6-11,23,26-27H,2-5,24H2,1H3. The van der Waals surface area contributed by atoms with Crippen molar-refractivity contribution in [2.45, 2.75) is 25.7 Å². The number of pyridine rings is 1. The van der Waals surface area contributed by atoms with E-state index in [-0.39, 0.29) is 0 Å². The lowest BCUT2D eigenvalue weighted by Gasteiger charge is -2.23. The predicted molar refractivity (Wildman–Crippen MR) is 112 cm³/mol. The molecule has 1 aliphatic rings. The van der Waals surface area contributed by atoms with Crippen molar-refractivity contribution in [3.05, 3.63) is 47.0 Å². The number of methoxy groups -OCH3 is 1. The highest BCUT2D eigenvalue weighted by Crippen LogP contribution is 2.37. The first-order chi connectivity index (χ1) is 13.5. The second kappa shape index (κ2) is 7.26. The molecule has 0 saturated heterocycles. The number of hydrogen-bond donors (Lipinski definition) is 4. The normalized spacial score (nSPS) is 13.2. The van der Waals surface area contributed by atoms with Crippen LogP contribution in [0, 0.1) is 5.41 Å². The summed E-state index contributed by atoms with van der Waals surface area (Å²) >= 11 is 0. The number of anilines is 1. The topological polar surface area (TPSA) is 112 Å². The number of rotatable bonds is 4. The van der Waals surface area contributed by atoms with Crippen molar-refractivity contribution in [2.75, 3.05) is 12.8 Å². The molecule has 0 bridgehead atoms. The highest BCUT2D eigenvalue weighted by molar-refractivity contribution is 6.59. The van der Waals surface area contributed by atoms with Gasteiger partial charge in [0.25, 0.3) is 0 Å². The number of ether oxygens (including phenoxy) is 1. The lowest BCUT2D eigenvalue weighted by molar-refractivity contribution is 0.403. The molecule has 6 nitrogen and oxygen atoms in total. The SMILES string of the molecule is COc1ccc(-c2nc3ccc(N)c(C=N)c3c3c2CCCC3)cc1B(O)O. The van der Waals surface area contributed by atoms with E-state index in [1.165, 1.54) is 18.9 Å². The Morgan fingerprint density at radius 1 is 1.14 bits per heavy atom. The van der Waals surface area contributed by atoms with Gasteiger partial charge in [-0.1, -0.05) is 0 Å². The van der Waals surface area contributed by atoms with E-state index in [0.29, 0.717) is 16.9 Å². The molecule has 28 heavy (non-hydrogen) atoms. The zero-order valence-corrected chi connectivity index (χ0v) is 15.7. The third kappa shape index (κ3) is 2.93. The molecule has 5 N–H and O–H groups in total. The fourth-order valence-corrected chi connectivity index (χ4v) is 4.14. The quantitative estimate of drug-likeness (QED) is 0.317. The Hall–Kier alpha value is -2.90. The second-order valence-electron chi connectivity index (χ2n) is 7.06. The average molecular weight is 375 g/mol. The first-order valence-corrected chi connectivity index (χ1v) is 9.34. The molecular formula is C21H22BN3O3. The third-order valence-corrected chi connectivity index (χ3v) is 5.47. The van der Waals surface area contributed by atoms with Gasteiger partial charge in [-0.2, -0.15) is 0 Å². The Bertz CT molecular complexity index is 1080. The van der Waals surface area contributed by atoms with E-state index in [0.717, 1.165) is 59.0 Å². The molecule has 0 radical (unpaired) electrons. The summed E-state index contributed by atoms with van der Waals surface area (Å²) in [5.41, 5.74) is 12.5. The van der Waals surface area contributed by atoms with E-state index in [4.69, 9.17) is 20.9 Å². The minimum atomic E-state index is -1.63. The van der Waals surface area contributed by atoms with E-state index in [1.54, 1.807) is 18.2 Å². The number of nitrogens with two attached hydrogens (primary N) is 1. The zero-order chi connectivity index (χ0) is 19.8. The Morgan fingerprint density at radius 3 is 2.57 bits per heavy atom. The van der Waals surface area contributed by atoms with Crippen molar-refractivity contribution >= 4 is 35.4 Å². The molecule has 0 fully saturated rings. The maximum Gasteiger partial charge on any atom is 0.492 e. The molecule has 7 heteroatoms. The Balaban J connectivity index is 2.02. The van der Waals surface area contributed by atoms with Crippen molar-refractivity contribution < 1.29 is 14.8 Å². The molecule has 0 saturated carbocycles. The lowest BCUT2D eigenvalue weighted by Crippen LogP contribution is -2.31. The maximum atomic E-state index is 9.73. The summed E-state index contributed by atoms with van der Waals surface area (Å²) in [6.45, 7) is 0. The molecule has 1 aromatic heterocycles. The molecule has 142 valence electrons. The summed E-state index contributed by atoms with van der Waals surface area (Å²) in [5, 5.41) is 28.2. The maximum absolute atomic E-state index is 9.73. The van der Waals surface area contributed by atoms with Crippen molar-refractivity contribution in [1.29, 1.82) is 5.41 Å². The monoisotopic (exact) mass is 375 g/mol. The highest BCUT2D eigenvalue weighted by atomic mass is 16.5. The second-order valence-corrected chi connectivity index (χ2v) is 7.06. The number of aromatic nitrogens is 1. The molecular weight excluding hydrogens is 353 g/mol. The van der Waals surface area contributed by atoms with E-state index in [2.05, 4.69) is 0 Å². The lowest BCUT2D eigenvalue weighted by atomic mass is 9.77. The van der Waals surface area contributed by atoms with E-state index in [1.807, 2.05) is 12.1 Å². The summed E-state index contributed by atoms with van der Waals surface area (Å²) in [4.78, 5) is 4.90. The molecule has 0 amide bonds. The summed E-state index contributed by atoms with van der Waals surface area (Å²) < 4.78 is 5.24. The van der Waals surface area contributed by atoms with E-state index in [9.17, 15) is 10.0 Å². The average Bonchev–Trinajstić information content (AvgIpc) is 2.72. The van der Waals surface area contributed by atoms with E-state index >= 15 is 0 Å². The third-order valence-electron chi connectivity index (χ3n) is 5.47. The number of aryl methyl sites for hydroxylation is 1. The molecule has 0 unspecified atom stereocenters. The number of fused-ring (bicyclic) bond motifs is 3. The molecule has 2 aromatic carbocycles. The minimum Gasteiger partial charge on any atom is -0.497 e. The van der Waals surface area contributed by atoms with Gasteiger partial charge < -0.3 is 25.9 Å². The largest absolute Gasteiger partial charge is 0.497 e. The molecule has 3 aromatic rings. The Kier molecular flexibility index (Phi) is 4.79. The van der Waals surface area contributed by atoms with Crippen LogP contribution in [0.3, 0.4) is 0 Å². The Morgan fingerprint density at radius 2 is 1.89 bits per heavy atom. The molecule has 0 aliphatic heterocycles. The van der Waals surface area contributed by atoms with Crippen molar-refractivity contribution in [3.63, 3.8) is 0 Å². The Labute approximate surface area is 163 Å². The minimum absolute atomic E-state index is 0.309. The van der Waals surface area contributed by atoms with Gasteiger partial charge in [-0.25, -0.2) is 4.98 Å².